The van der Waals surface area contributed by atoms with E-state index in [1.54, 1.807) is 0 Å². The summed E-state index contributed by atoms with van der Waals surface area (Å²) in [5.74, 6) is 1.47. The Morgan fingerprint density at radius 1 is 1.00 bits per heavy atom. The van der Waals surface area contributed by atoms with E-state index in [1.807, 2.05) is 54.6 Å². The normalized spacial score (nSPS) is 9.94. The quantitative estimate of drug-likeness (QED) is 0.768. The lowest BCUT2D eigenvalue weighted by Gasteiger charge is -2.06. The van der Waals surface area contributed by atoms with Gasteiger partial charge in [-0.3, -0.25) is 4.79 Å². The Balaban J connectivity index is 2.14. The average Bonchev–Trinajstić information content (AvgIpc) is 2.30. The minimum atomic E-state index is -0.373. The zero-order valence-corrected chi connectivity index (χ0v) is 9.85. The molecule has 0 saturated carbocycles. The standard InChI is InChI=1S/C14H11ClO2/c15-14(16)10-11-5-4-8-13(9-11)17-12-6-2-1-3-7-12/h1-9H,10H2. The number of benzene rings is 2. The lowest BCUT2D eigenvalue weighted by atomic mass is 10.1. The van der Waals surface area contributed by atoms with Gasteiger partial charge in [0.15, 0.2) is 0 Å². The molecule has 0 aliphatic rings. The molecule has 0 unspecified atom stereocenters. The van der Waals surface area contributed by atoms with E-state index in [0.717, 1.165) is 11.3 Å². The fourth-order valence-corrected chi connectivity index (χ4v) is 1.66. The van der Waals surface area contributed by atoms with Crippen molar-refractivity contribution >= 4 is 16.8 Å². The fourth-order valence-electron chi connectivity index (χ4n) is 1.50. The lowest BCUT2D eigenvalue weighted by Crippen LogP contribution is -1.93. The van der Waals surface area contributed by atoms with Gasteiger partial charge in [0.1, 0.15) is 11.5 Å². The van der Waals surface area contributed by atoms with E-state index in [1.165, 1.54) is 0 Å². The highest BCUT2D eigenvalue weighted by Crippen LogP contribution is 2.22. The summed E-state index contributed by atoms with van der Waals surface area (Å²) in [4.78, 5) is 10.8. The summed E-state index contributed by atoms with van der Waals surface area (Å²) in [7, 11) is 0. The van der Waals surface area contributed by atoms with Gasteiger partial charge in [-0.05, 0) is 41.4 Å². The van der Waals surface area contributed by atoms with Crippen molar-refractivity contribution in [2.45, 2.75) is 6.42 Å². The molecule has 0 amide bonds. The number of ether oxygens (including phenoxy) is 1. The maximum absolute atomic E-state index is 10.8. The van der Waals surface area contributed by atoms with Crippen molar-refractivity contribution in [3.8, 4) is 11.5 Å². The molecule has 3 heteroatoms. The SMILES string of the molecule is O=C(Cl)Cc1cccc(Oc2ccccc2)c1. The Morgan fingerprint density at radius 2 is 1.71 bits per heavy atom. The van der Waals surface area contributed by atoms with E-state index in [9.17, 15) is 4.79 Å². The van der Waals surface area contributed by atoms with Gasteiger partial charge in [0, 0.05) is 6.42 Å². The minimum Gasteiger partial charge on any atom is -0.457 e. The maximum Gasteiger partial charge on any atom is 0.226 e. The van der Waals surface area contributed by atoms with E-state index >= 15 is 0 Å². The molecule has 0 N–H and O–H groups in total. The third-order valence-corrected chi connectivity index (χ3v) is 2.35. The topological polar surface area (TPSA) is 26.3 Å². The molecule has 2 aromatic rings. The van der Waals surface area contributed by atoms with Crippen molar-refractivity contribution in [2.24, 2.45) is 0 Å². The van der Waals surface area contributed by atoms with Crippen LogP contribution < -0.4 is 4.74 Å². The first-order valence-electron chi connectivity index (χ1n) is 5.24. The third kappa shape index (κ3) is 3.61. The molecule has 17 heavy (non-hydrogen) atoms. The lowest BCUT2D eigenvalue weighted by molar-refractivity contribution is -0.111. The molecular weight excluding hydrogens is 236 g/mol. The highest BCUT2D eigenvalue weighted by molar-refractivity contribution is 6.63. The molecule has 2 rings (SSSR count). The second kappa shape index (κ2) is 5.51. The molecule has 0 bridgehead atoms. The number of carbonyl (C=O) groups is 1. The number of hydrogen-bond acceptors (Lipinski definition) is 2. The van der Waals surface area contributed by atoms with Crippen LogP contribution in [0.4, 0.5) is 0 Å². The predicted octanol–water partition coefficient (Wildman–Crippen LogP) is 3.79. The molecule has 0 aliphatic heterocycles. The van der Waals surface area contributed by atoms with Crippen LogP contribution >= 0.6 is 11.6 Å². The summed E-state index contributed by atoms with van der Waals surface area (Å²) in [6.45, 7) is 0. The first-order valence-corrected chi connectivity index (χ1v) is 5.62. The number of hydrogen-bond donors (Lipinski definition) is 0. The average molecular weight is 247 g/mol. The van der Waals surface area contributed by atoms with E-state index in [0.29, 0.717) is 5.75 Å². The van der Waals surface area contributed by atoms with Gasteiger partial charge in [-0.2, -0.15) is 0 Å². The summed E-state index contributed by atoms with van der Waals surface area (Å²) in [5.41, 5.74) is 0.846. The summed E-state index contributed by atoms with van der Waals surface area (Å²) >= 11 is 5.35. The first kappa shape index (κ1) is 11.7. The number of rotatable bonds is 4. The number of carbonyl (C=O) groups excluding carboxylic acids is 1. The predicted molar refractivity (Wildman–Crippen MR) is 67.5 cm³/mol. The minimum absolute atomic E-state index is 0.216. The van der Waals surface area contributed by atoms with Crippen LogP contribution in [0.2, 0.25) is 0 Å². The molecule has 2 aromatic carbocycles. The summed E-state index contributed by atoms with van der Waals surface area (Å²) in [6, 6.07) is 16.8. The summed E-state index contributed by atoms with van der Waals surface area (Å²) < 4.78 is 5.65. The summed E-state index contributed by atoms with van der Waals surface area (Å²) in [5, 5.41) is -0.373. The molecule has 0 radical (unpaired) electrons. The van der Waals surface area contributed by atoms with Crippen molar-refractivity contribution < 1.29 is 9.53 Å². The second-order valence-corrected chi connectivity index (χ2v) is 4.02. The monoisotopic (exact) mass is 246 g/mol. The largest absolute Gasteiger partial charge is 0.457 e. The van der Waals surface area contributed by atoms with Crippen LogP contribution in [-0.2, 0) is 11.2 Å². The molecule has 0 fully saturated rings. The summed E-state index contributed by atoms with van der Waals surface area (Å²) in [6.07, 6.45) is 0.216. The van der Waals surface area contributed by atoms with Crippen molar-refractivity contribution in [3.63, 3.8) is 0 Å². The molecule has 0 spiro atoms. The van der Waals surface area contributed by atoms with Crippen LogP contribution in [0.15, 0.2) is 54.6 Å². The molecule has 2 nitrogen and oxygen atoms in total. The first-order chi connectivity index (χ1) is 8.24. The van der Waals surface area contributed by atoms with Gasteiger partial charge in [0.2, 0.25) is 5.24 Å². The molecule has 0 aromatic heterocycles. The highest BCUT2D eigenvalue weighted by Gasteiger charge is 2.02. The van der Waals surface area contributed by atoms with E-state index in [2.05, 4.69) is 0 Å². The van der Waals surface area contributed by atoms with Gasteiger partial charge < -0.3 is 4.74 Å². The molecule has 0 atom stereocenters. The van der Waals surface area contributed by atoms with Crippen LogP contribution in [0.1, 0.15) is 5.56 Å². The van der Waals surface area contributed by atoms with Gasteiger partial charge in [-0.1, -0.05) is 30.3 Å². The number of halogens is 1. The molecule has 0 heterocycles. The van der Waals surface area contributed by atoms with Gasteiger partial charge in [0.25, 0.3) is 0 Å². The molecule has 0 saturated heterocycles. The second-order valence-electron chi connectivity index (χ2n) is 3.59. The van der Waals surface area contributed by atoms with Crippen LogP contribution in [0.25, 0.3) is 0 Å². The van der Waals surface area contributed by atoms with Crippen LogP contribution in [0.5, 0.6) is 11.5 Å². The Morgan fingerprint density at radius 3 is 2.41 bits per heavy atom. The molecule has 0 aliphatic carbocycles. The Hall–Kier alpha value is -1.80. The van der Waals surface area contributed by atoms with Gasteiger partial charge in [-0.15, -0.1) is 0 Å². The van der Waals surface area contributed by atoms with E-state index in [4.69, 9.17) is 16.3 Å². The zero-order valence-electron chi connectivity index (χ0n) is 9.10. The van der Waals surface area contributed by atoms with Crippen LogP contribution in [0, 0.1) is 0 Å². The van der Waals surface area contributed by atoms with Gasteiger partial charge >= 0.3 is 0 Å². The zero-order chi connectivity index (χ0) is 12.1. The van der Waals surface area contributed by atoms with Gasteiger partial charge in [-0.25, -0.2) is 0 Å². The Bertz CT molecular complexity index is 509. The van der Waals surface area contributed by atoms with Crippen molar-refractivity contribution in [3.05, 3.63) is 60.2 Å². The Kier molecular flexibility index (Phi) is 3.78. The maximum atomic E-state index is 10.8. The molecule has 86 valence electrons. The smallest absolute Gasteiger partial charge is 0.226 e. The van der Waals surface area contributed by atoms with Crippen molar-refractivity contribution in [2.75, 3.05) is 0 Å². The Labute approximate surface area is 105 Å². The highest BCUT2D eigenvalue weighted by atomic mass is 35.5. The van der Waals surface area contributed by atoms with Crippen molar-refractivity contribution in [1.29, 1.82) is 0 Å². The fraction of sp³-hybridized carbons (Fsp3) is 0.0714. The van der Waals surface area contributed by atoms with Crippen LogP contribution in [0.3, 0.4) is 0 Å². The number of para-hydroxylation sites is 1. The van der Waals surface area contributed by atoms with E-state index < -0.39 is 0 Å². The van der Waals surface area contributed by atoms with Crippen LogP contribution in [-0.4, -0.2) is 5.24 Å². The third-order valence-electron chi connectivity index (χ3n) is 2.22. The van der Waals surface area contributed by atoms with Crippen molar-refractivity contribution in [1.82, 2.24) is 0 Å². The molecular formula is C14H11ClO2. The van der Waals surface area contributed by atoms with E-state index in [-0.39, 0.29) is 11.7 Å². The van der Waals surface area contributed by atoms with Gasteiger partial charge in [0.05, 0.1) is 0 Å².